The predicted octanol–water partition coefficient (Wildman–Crippen LogP) is 5.72. The quantitative estimate of drug-likeness (QED) is 0.285. The summed E-state index contributed by atoms with van der Waals surface area (Å²) >= 11 is 12.3. The van der Waals surface area contributed by atoms with Gasteiger partial charge in [-0.2, -0.15) is 0 Å². The van der Waals surface area contributed by atoms with Crippen LogP contribution in [0.5, 0.6) is 5.75 Å². The van der Waals surface area contributed by atoms with Crippen LogP contribution >= 0.6 is 23.2 Å². The number of benzene rings is 2. The Morgan fingerprint density at radius 1 is 1.12 bits per heavy atom. The second-order valence-corrected chi connectivity index (χ2v) is 8.28. The van der Waals surface area contributed by atoms with Crippen molar-refractivity contribution in [1.29, 1.82) is 0 Å². The maximum Gasteiger partial charge on any atom is 0.300 e. The minimum absolute atomic E-state index is 0.0715. The van der Waals surface area contributed by atoms with Crippen molar-refractivity contribution in [3.63, 3.8) is 0 Å². The van der Waals surface area contributed by atoms with Gasteiger partial charge in [-0.25, -0.2) is 0 Å². The molecule has 168 valence electrons. The molecule has 1 aliphatic heterocycles. The normalized spacial score (nSPS) is 17.5. The maximum absolute atomic E-state index is 13.2. The van der Waals surface area contributed by atoms with Gasteiger partial charge in [0, 0.05) is 22.5 Å². The number of ketones is 1. The molecule has 1 aromatic heterocycles. The Hall–Kier alpha value is -3.35. The molecule has 0 bridgehead atoms. The van der Waals surface area contributed by atoms with E-state index in [1.807, 2.05) is 6.92 Å². The molecule has 6 nitrogen and oxygen atoms in total. The molecule has 0 aliphatic carbocycles. The van der Waals surface area contributed by atoms with E-state index in [9.17, 15) is 14.7 Å². The molecule has 3 aromatic rings. The Labute approximate surface area is 201 Å². The number of rotatable bonds is 5. The topological polar surface area (TPSA) is 79.7 Å². The number of pyridine rings is 1. The third-order valence-corrected chi connectivity index (χ3v) is 5.88. The lowest BCUT2D eigenvalue weighted by Gasteiger charge is -2.26. The Balaban J connectivity index is 1.94. The molecule has 1 saturated heterocycles. The summed E-state index contributed by atoms with van der Waals surface area (Å²) in [6, 6.07) is 14.0. The highest BCUT2D eigenvalue weighted by atomic mass is 35.5. The van der Waals surface area contributed by atoms with Crippen LogP contribution in [0.4, 0.5) is 5.69 Å². The van der Waals surface area contributed by atoms with Crippen molar-refractivity contribution in [3.05, 3.63) is 93.2 Å². The number of anilines is 1. The third-order valence-electron chi connectivity index (χ3n) is 5.34. The van der Waals surface area contributed by atoms with E-state index >= 15 is 0 Å². The van der Waals surface area contributed by atoms with Crippen molar-refractivity contribution < 1.29 is 19.4 Å². The van der Waals surface area contributed by atoms with Crippen LogP contribution in [0.2, 0.25) is 10.0 Å². The lowest BCUT2D eigenvalue weighted by atomic mass is 9.98. The third kappa shape index (κ3) is 4.19. The predicted molar refractivity (Wildman–Crippen MR) is 128 cm³/mol. The van der Waals surface area contributed by atoms with Crippen LogP contribution in [-0.4, -0.2) is 28.4 Å². The Bertz CT molecular complexity index is 1270. The summed E-state index contributed by atoms with van der Waals surface area (Å²) in [4.78, 5) is 32.2. The van der Waals surface area contributed by atoms with E-state index < -0.39 is 17.7 Å². The summed E-state index contributed by atoms with van der Waals surface area (Å²) in [6.45, 7) is 3.98. The molecule has 2 aromatic carbocycles. The lowest BCUT2D eigenvalue weighted by molar-refractivity contribution is -0.132. The number of hydrogen-bond acceptors (Lipinski definition) is 5. The highest BCUT2D eigenvalue weighted by Crippen LogP contribution is 2.43. The molecule has 4 rings (SSSR count). The van der Waals surface area contributed by atoms with Crippen LogP contribution in [0, 0.1) is 6.92 Å². The molecule has 1 aliphatic rings. The van der Waals surface area contributed by atoms with Crippen LogP contribution in [-0.2, 0) is 9.59 Å². The Morgan fingerprint density at radius 2 is 1.91 bits per heavy atom. The standard InChI is InChI=1S/C25H20Cl2N2O4/c1-3-33-20-13-15(7-9-17(20)27)23(30)21-22(18-6-4-5-11-28-18)29(25(32)24(21)31)19-10-8-16(26)12-14(19)2/h4-13,22,30H,3H2,1-2H3/b23-21+. The van der Waals surface area contributed by atoms with Gasteiger partial charge in [-0.3, -0.25) is 19.5 Å². The van der Waals surface area contributed by atoms with E-state index in [1.165, 1.54) is 11.0 Å². The first-order chi connectivity index (χ1) is 15.8. The number of hydrogen-bond donors (Lipinski definition) is 1. The molecule has 1 N–H and O–H groups in total. The number of aromatic nitrogens is 1. The fraction of sp³-hybridized carbons (Fsp3) is 0.160. The highest BCUT2D eigenvalue weighted by Gasteiger charge is 2.48. The van der Waals surface area contributed by atoms with Gasteiger partial charge in [-0.15, -0.1) is 0 Å². The van der Waals surface area contributed by atoms with Gasteiger partial charge in [-0.1, -0.05) is 29.3 Å². The SMILES string of the molecule is CCOc1cc(/C(O)=C2\C(=O)C(=O)N(c3ccc(Cl)cc3C)C2c2ccccn2)ccc1Cl. The summed E-state index contributed by atoms with van der Waals surface area (Å²) in [6.07, 6.45) is 1.57. The number of aryl methyl sites for hydroxylation is 1. The number of carbonyl (C=O) groups is 2. The number of carbonyl (C=O) groups excluding carboxylic acids is 2. The van der Waals surface area contributed by atoms with Crippen molar-refractivity contribution in [3.8, 4) is 5.75 Å². The molecule has 0 spiro atoms. The number of ether oxygens (including phenoxy) is 1. The number of Topliss-reactive ketones (excluding diaryl/α,β-unsaturated/α-hetero) is 1. The summed E-state index contributed by atoms with van der Waals surface area (Å²) in [7, 11) is 0. The van der Waals surface area contributed by atoms with Crippen LogP contribution < -0.4 is 9.64 Å². The van der Waals surface area contributed by atoms with Gasteiger partial charge in [0.15, 0.2) is 0 Å². The van der Waals surface area contributed by atoms with Gasteiger partial charge in [0.25, 0.3) is 11.7 Å². The first-order valence-corrected chi connectivity index (χ1v) is 11.0. The maximum atomic E-state index is 13.2. The summed E-state index contributed by atoms with van der Waals surface area (Å²) in [5, 5.41) is 12.1. The van der Waals surface area contributed by atoms with Gasteiger partial charge >= 0.3 is 0 Å². The van der Waals surface area contributed by atoms with E-state index in [-0.39, 0.29) is 11.3 Å². The number of halogens is 2. The molecule has 2 heterocycles. The first kappa shape index (κ1) is 22.8. The molecule has 8 heteroatoms. The van der Waals surface area contributed by atoms with Gasteiger partial charge in [0.1, 0.15) is 17.6 Å². The second-order valence-electron chi connectivity index (χ2n) is 7.43. The van der Waals surface area contributed by atoms with Gasteiger partial charge in [0.05, 0.1) is 22.9 Å². The van der Waals surface area contributed by atoms with Crippen molar-refractivity contribution in [1.82, 2.24) is 4.98 Å². The zero-order chi connectivity index (χ0) is 23.7. The van der Waals surface area contributed by atoms with Crippen LogP contribution in [0.25, 0.3) is 5.76 Å². The van der Waals surface area contributed by atoms with E-state index in [2.05, 4.69) is 4.98 Å². The summed E-state index contributed by atoms with van der Waals surface area (Å²) < 4.78 is 5.51. The van der Waals surface area contributed by atoms with Crippen molar-refractivity contribution in [2.75, 3.05) is 11.5 Å². The number of nitrogens with zero attached hydrogens (tertiary/aromatic N) is 2. The molecular weight excluding hydrogens is 463 g/mol. The smallest absolute Gasteiger partial charge is 0.300 e. The molecule has 1 unspecified atom stereocenters. The molecule has 1 fully saturated rings. The largest absolute Gasteiger partial charge is 0.507 e. The minimum Gasteiger partial charge on any atom is -0.507 e. The average Bonchev–Trinajstić information content (AvgIpc) is 3.06. The molecular formula is C25H20Cl2N2O4. The summed E-state index contributed by atoms with van der Waals surface area (Å²) in [5.74, 6) is -1.56. The molecule has 1 amide bonds. The lowest BCUT2D eigenvalue weighted by Crippen LogP contribution is -2.30. The van der Waals surface area contributed by atoms with E-state index in [4.69, 9.17) is 27.9 Å². The van der Waals surface area contributed by atoms with E-state index in [1.54, 1.807) is 61.7 Å². The minimum atomic E-state index is -0.933. The second kappa shape index (κ2) is 9.25. The molecule has 33 heavy (non-hydrogen) atoms. The first-order valence-electron chi connectivity index (χ1n) is 10.2. The monoisotopic (exact) mass is 482 g/mol. The number of amides is 1. The van der Waals surface area contributed by atoms with Crippen LogP contribution in [0.15, 0.2) is 66.4 Å². The van der Waals surface area contributed by atoms with Crippen molar-refractivity contribution in [2.24, 2.45) is 0 Å². The van der Waals surface area contributed by atoms with Crippen LogP contribution in [0.3, 0.4) is 0 Å². The van der Waals surface area contributed by atoms with E-state index in [0.717, 1.165) is 0 Å². The highest BCUT2D eigenvalue weighted by molar-refractivity contribution is 6.51. The zero-order valence-corrected chi connectivity index (χ0v) is 19.4. The van der Waals surface area contributed by atoms with E-state index in [0.29, 0.717) is 44.9 Å². The molecule has 1 atom stereocenters. The number of aliphatic hydroxyl groups is 1. The average molecular weight is 483 g/mol. The van der Waals surface area contributed by atoms with Crippen molar-refractivity contribution in [2.45, 2.75) is 19.9 Å². The Morgan fingerprint density at radius 3 is 2.58 bits per heavy atom. The number of aliphatic hydroxyl groups excluding tert-OH is 1. The molecule has 0 saturated carbocycles. The van der Waals surface area contributed by atoms with Gasteiger partial charge in [0.2, 0.25) is 0 Å². The molecule has 0 radical (unpaired) electrons. The zero-order valence-electron chi connectivity index (χ0n) is 17.9. The summed E-state index contributed by atoms with van der Waals surface area (Å²) in [5.41, 5.74) is 1.87. The fourth-order valence-electron chi connectivity index (χ4n) is 3.86. The van der Waals surface area contributed by atoms with Gasteiger partial charge < -0.3 is 9.84 Å². The van der Waals surface area contributed by atoms with Crippen molar-refractivity contribution >= 4 is 46.3 Å². The fourth-order valence-corrected chi connectivity index (χ4v) is 4.26. The van der Waals surface area contributed by atoms with Gasteiger partial charge in [-0.05, 0) is 67.9 Å². The Kier molecular flexibility index (Phi) is 6.40. The van der Waals surface area contributed by atoms with Crippen LogP contribution in [0.1, 0.15) is 29.8 Å².